The molecule has 4 heteroatoms. The Morgan fingerprint density at radius 3 is 2.79 bits per heavy atom. The Labute approximate surface area is 111 Å². The van der Waals surface area contributed by atoms with E-state index < -0.39 is 0 Å². The molecule has 2 aromatic heterocycles. The van der Waals surface area contributed by atoms with E-state index in [1.807, 2.05) is 19.3 Å². The molecule has 0 saturated carbocycles. The Kier molecular flexibility index (Phi) is 2.87. The zero-order chi connectivity index (χ0) is 13.4. The van der Waals surface area contributed by atoms with Crippen LogP contribution in [0.5, 0.6) is 0 Å². The van der Waals surface area contributed by atoms with Crippen LogP contribution in [0.3, 0.4) is 0 Å². The van der Waals surface area contributed by atoms with E-state index in [1.165, 1.54) is 16.5 Å². The van der Waals surface area contributed by atoms with Crippen molar-refractivity contribution in [2.75, 3.05) is 6.61 Å². The number of nitrogens with zero attached hydrogens (tertiary/aromatic N) is 3. The standard InChI is InChI=1S/C15H17N3O/c1-17-10-12(11-5-3-4-6-13(11)17)14-9-16-15(7-8-19)18(14)2/h3-6,9-10,19H,7-8H2,1-2H3. The van der Waals surface area contributed by atoms with E-state index in [2.05, 4.69) is 45.6 Å². The topological polar surface area (TPSA) is 43.0 Å². The third-order valence-corrected chi connectivity index (χ3v) is 3.59. The molecule has 0 saturated heterocycles. The molecule has 3 aromatic rings. The fraction of sp³-hybridized carbons (Fsp3) is 0.267. The summed E-state index contributed by atoms with van der Waals surface area (Å²) in [6.07, 6.45) is 4.60. The van der Waals surface area contributed by atoms with Crippen molar-refractivity contribution in [3.8, 4) is 11.3 Å². The molecule has 19 heavy (non-hydrogen) atoms. The summed E-state index contributed by atoms with van der Waals surface area (Å²) >= 11 is 0. The van der Waals surface area contributed by atoms with Gasteiger partial charge in [0.25, 0.3) is 0 Å². The average Bonchev–Trinajstić information content (AvgIpc) is 2.93. The molecule has 0 atom stereocenters. The van der Waals surface area contributed by atoms with Gasteiger partial charge in [0.1, 0.15) is 5.82 Å². The van der Waals surface area contributed by atoms with Gasteiger partial charge in [-0.25, -0.2) is 4.98 Å². The van der Waals surface area contributed by atoms with Crippen molar-refractivity contribution < 1.29 is 5.11 Å². The molecule has 3 rings (SSSR count). The third-order valence-electron chi connectivity index (χ3n) is 3.59. The predicted octanol–water partition coefficient (Wildman–Crippen LogP) is 2.11. The molecule has 0 amide bonds. The maximum atomic E-state index is 9.04. The SMILES string of the molecule is Cn1c(-c2cn(C)c3ccccc23)cnc1CCO. The molecule has 0 unspecified atom stereocenters. The van der Waals surface area contributed by atoms with Crippen molar-refractivity contribution >= 4 is 10.9 Å². The summed E-state index contributed by atoms with van der Waals surface area (Å²) in [5.74, 6) is 0.908. The van der Waals surface area contributed by atoms with E-state index in [0.29, 0.717) is 6.42 Å². The van der Waals surface area contributed by atoms with Gasteiger partial charge < -0.3 is 14.2 Å². The fourth-order valence-corrected chi connectivity index (χ4v) is 2.58. The summed E-state index contributed by atoms with van der Waals surface area (Å²) < 4.78 is 4.18. The second-order valence-corrected chi connectivity index (χ2v) is 4.76. The normalized spacial score (nSPS) is 11.3. The molecule has 0 fully saturated rings. The molecule has 0 bridgehead atoms. The van der Waals surface area contributed by atoms with Crippen molar-refractivity contribution in [1.29, 1.82) is 0 Å². The van der Waals surface area contributed by atoms with Crippen LogP contribution in [0.2, 0.25) is 0 Å². The number of imidazole rings is 1. The number of hydrogen-bond acceptors (Lipinski definition) is 2. The molecule has 4 nitrogen and oxygen atoms in total. The zero-order valence-corrected chi connectivity index (χ0v) is 11.2. The molecule has 0 aliphatic heterocycles. The Balaban J connectivity index is 2.19. The Bertz CT molecular complexity index is 724. The minimum atomic E-state index is 0.125. The van der Waals surface area contributed by atoms with Crippen LogP contribution in [0.25, 0.3) is 22.2 Å². The summed E-state index contributed by atoms with van der Waals surface area (Å²) in [5, 5.41) is 10.3. The lowest BCUT2D eigenvalue weighted by Gasteiger charge is -2.04. The first kappa shape index (κ1) is 12.0. The minimum Gasteiger partial charge on any atom is -0.396 e. The number of aromatic nitrogens is 3. The number of aliphatic hydroxyl groups is 1. The maximum absolute atomic E-state index is 9.04. The second kappa shape index (κ2) is 4.55. The van der Waals surface area contributed by atoms with E-state index in [-0.39, 0.29) is 6.61 Å². The van der Waals surface area contributed by atoms with Crippen LogP contribution in [-0.4, -0.2) is 25.8 Å². The Morgan fingerprint density at radius 2 is 2.00 bits per heavy atom. The van der Waals surface area contributed by atoms with Gasteiger partial charge >= 0.3 is 0 Å². The fourth-order valence-electron chi connectivity index (χ4n) is 2.58. The second-order valence-electron chi connectivity index (χ2n) is 4.76. The van der Waals surface area contributed by atoms with Crippen LogP contribution < -0.4 is 0 Å². The average molecular weight is 255 g/mol. The first-order chi connectivity index (χ1) is 9.22. The summed E-state index contributed by atoms with van der Waals surface area (Å²) in [6.45, 7) is 0.125. The van der Waals surface area contributed by atoms with Gasteiger partial charge in [-0.2, -0.15) is 0 Å². The zero-order valence-electron chi connectivity index (χ0n) is 11.2. The number of benzene rings is 1. The molecule has 2 heterocycles. The summed E-state index contributed by atoms with van der Waals surface area (Å²) in [6, 6.07) is 8.34. The smallest absolute Gasteiger partial charge is 0.111 e. The molecule has 0 spiro atoms. The number of aryl methyl sites for hydroxylation is 1. The molecule has 0 radical (unpaired) electrons. The van der Waals surface area contributed by atoms with Crippen LogP contribution in [0.4, 0.5) is 0 Å². The molecular weight excluding hydrogens is 238 g/mol. The molecule has 0 aliphatic rings. The van der Waals surface area contributed by atoms with Crippen molar-refractivity contribution in [3.63, 3.8) is 0 Å². The monoisotopic (exact) mass is 255 g/mol. The van der Waals surface area contributed by atoms with Gasteiger partial charge in [-0.1, -0.05) is 18.2 Å². The highest BCUT2D eigenvalue weighted by atomic mass is 16.3. The largest absolute Gasteiger partial charge is 0.396 e. The first-order valence-electron chi connectivity index (χ1n) is 6.38. The van der Waals surface area contributed by atoms with Gasteiger partial charge in [-0.15, -0.1) is 0 Å². The van der Waals surface area contributed by atoms with Gasteiger partial charge in [0.15, 0.2) is 0 Å². The van der Waals surface area contributed by atoms with Crippen LogP contribution in [0.15, 0.2) is 36.7 Å². The van der Waals surface area contributed by atoms with Crippen molar-refractivity contribution in [3.05, 3.63) is 42.5 Å². The molecule has 0 aliphatic carbocycles. The van der Waals surface area contributed by atoms with E-state index in [1.54, 1.807) is 0 Å². The number of aliphatic hydroxyl groups excluding tert-OH is 1. The lowest BCUT2D eigenvalue weighted by Crippen LogP contribution is -2.02. The summed E-state index contributed by atoms with van der Waals surface area (Å²) in [4.78, 5) is 4.39. The number of para-hydroxylation sites is 1. The van der Waals surface area contributed by atoms with Crippen molar-refractivity contribution in [2.45, 2.75) is 6.42 Å². The van der Waals surface area contributed by atoms with Crippen molar-refractivity contribution in [2.24, 2.45) is 14.1 Å². The molecule has 98 valence electrons. The van der Waals surface area contributed by atoms with E-state index >= 15 is 0 Å². The van der Waals surface area contributed by atoms with E-state index in [4.69, 9.17) is 5.11 Å². The van der Waals surface area contributed by atoms with Gasteiger partial charge in [0, 0.05) is 43.2 Å². The summed E-state index contributed by atoms with van der Waals surface area (Å²) in [7, 11) is 4.05. The van der Waals surface area contributed by atoms with E-state index in [0.717, 1.165) is 11.5 Å². The lowest BCUT2D eigenvalue weighted by molar-refractivity contribution is 0.295. The highest BCUT2D eigenvalue weighted by molar-refractivity contribution is 5.95. The van der Waals surface area contributed by atoms with Crippen molar-refractivity contribution in [1.82, 2.24) is 14.1 Å². The van der Waals surface area contributed by atoms with Gasteiger partial charge in [-0.05, 0) is 6.07 Å². The molecular formula is C15H17N3O. The number of hydrogen-bond donors (Lipinski definition) is 1. The van der Waals surface area contributed by atoms with Gasteiger partial charge in [0.2, 0.25) is 0 Å². The minimum absolute atomic E-state index is 0.125. The Hall–Kier alpha value is -2.07. The van der Waals surface area contributed by atoms with Crippen LogP contribution in [0, 0.1) is 0 Å². The lowest BCUT2D eigenvalue weighted by atomic mass is 10.1. The predicted molar refractivity (Wildman–Crippen MR) is 75.9 cm³/mol. The number of rotatable bonds is 3. The Morgan fingerprint density at radius 1 is 1.21 bits per heavy atom. The molecule has 1 aromatic carbocycles. The van der Waals surface area contributed by atoms with Gasteiger partial charge in [0.05, 0.1) is 18.5 Å². The van der Waals surface area contributed by atoms with Crippen LogP contribution >= 0.6 is 0 Å². The molecule has 1 N–H and O–H groups in total. The van der Waals surface area contributed by atoms with Crippen LogP contribution in [-0.2, 0) is 20.5 Å². The third kappa shape index (κ3) is 1.85. The number of fused-ring (bicyclic) bond motifs is 1. The maximum Gasteiger partial charge on any atom is 0.111 e. The van der Waals surface area contributed by atoms with Gasteiger partial charge in [-0.3, -0.25) is 0 Å². The van der Waals surface area contributed by atoms with E-state index in [9.17, 15) is 0 Å². The highest BCUT2D eigenvalue weighted by Gasteiger charge is 2.13. The summed E-state index contributed by atoms with van der Waals surface area (Å²) in [5.41, 5.74) is 3.47. The quantitative estimate of drug-likeness (QED) is 0.779. The highest BCUT2D eigenvalue weighted by Crippen LogP contribution is 2.30. The van der Waals surface area contributed by atoms with Crippen LogP contribution in [0.1, 0.15) is 5.82 Å². The first-order valence-corrected chi connectivity index (χ1v) is 6.38.